The third-order valence-corrected chi connectivity index (χ3v) is 3.54. The van der Waals surface area contributed by atoms with E-state index >= 15 is 0 Å². The molecule has 0 unspecified atom stereocenters. The van der Waals surface area contributed by atoms with Crippen LogP contribution in [0, 0.1) is 11.6 Å². The molecule has 0 aliphatic rings. The molecule has 106 valence electrons. The van der Waals surface area contributed by atoms with E-state index in [1.807, 2.05) is 6.07 Å². The van der Waals surface area contributed by atoms with E-state index in [1.165, 1.54) is 18.2 Å². The minimum absolute atomic E-state index is 0.00416. The Morgan fingerprint density at radius 1 is 1.00 bits per heavy atom. The molecule has 2 aromatic carbocycles. The second-order valence-electron chi connectivity index (χ2n) is 4.55. The maximum atomic E-state index is 13.6. The van der Waals surface area contributed by atoms with E-state index in [0.29, 0.717) is 10.5 Å². The van der Waals surface area contributed by atoms with Gasteiger partial charge < -0.3 is 5.32 Å². The largest absolute Gasteiger partial charge is 0.380 e. The van der Waals surface area contributed by atoms with Crippen molar-refractivity contribution in [1.82, 2.24) is 4.98 Å². The molecule has 0 amide bonds. The van der Waals surface area contributed by atoms with Crippen molar-refractivity contribution in [1.29, 1.82) is 0 Å². The van der Waals surface area contributed by atoms with Gasteiger partial charge in [0.15, 0.2) is 0 Å². The van der Waals surface area contributed by atoms with E-state index in [2.05, 4.69) is 10.3 Å². The highest BCUT2D eigenvalue weighted by molar-refractivity contribution is 6.35. The SMILES string of the molecule is Fc1cccc(F)c1CNc1ccc(Cl)c2ncccc12. The van der Waals surface area contributed by atoms with Crippen LogP contribution in [0.3, 0.4) is 0 Å². The molecule has 3 aromatic rings. The lowest BCUT2D eigenvalue weighted by molar-refractivity contribution is 0.560. The summed E-state index contributed by atoms with van der Waals surface area (Å²) >= 11 is 6.09. The van der Waals surface area contributed by atoms with Crippen molar-refractivity contribution in [3.63, 3.8) is 0 Å². The first kappa shape index (κ1) is 13.8. The summed E-state index contributed by atoms with van der Waals surface area (Å²) in [6.07, 6.45) is 1.65. The summed E-state index contributed by atoms with van der Waals surface area (Å²) in [6, 6.07) is 10.9. The molecule has 0 bridgehead atoms. The van der Waals surface area contributed by atoms with Crippen molar-refractivity contribution in [2.45, 2.75) is 6.54 Å². The van der Waals surface area contributed by atoms with Crippen LogP contribution in [0.1, 0.15) is 5.56 Å². The van der Waals surface area contributed by atoms with E-state index in [9.17, 15) is 8.78 Å². The number of halogens is 3. The molecule has 5 heteroatoms. The predicted octanol–water partition coefficient (Wildman–Crippen LogP) is 4.78. The number of hydrogen-bond acceptors (Lipinski definition) is 2. The molecular weight excluding hydrogens is 294 g/mol. The molecule has 0 aliphatic heterocycles. The van der Waals surface area contributed by atoms with Gasteiger partial charge in [-0.05, 0) is 36.4 Å². The molecule has 0 saturated heterocycles. The first-order valence-electron chi connectivity index (χ1n) is 6.37. The second kappa shape index (κ2) is 5.66. The van der Waals surface area contributed by atoms with Gasteiger partial charge in [-0.3, -0.25) is 4.98 Å². The maximum Gasteiger partial charge on any atom is 0.131 e. The van der Waals surface area contributed by atoms with E-state index in [-0.39, 0.29) is 12.1 Å². The summed E-state index contributed by atoms with van der Waals surface area (Å²) in [5.41, 5.74) is 1.38. The Hall–Kier alpha value is -2.20. The Bertz CT molecular complexity index is 785. The van der Waals surface area contributed by atoms with Crippen LogP contribution in [0.4, 0.5) is 14.5 Å². The highest BCUT2D eigenvalue weighted by Crippen LogP contribution is 2.28. The summed E-state index contributed by atoms with van der Waals surface area (Å²) < 4.78 is 27.2. The van der Waals surface area contributed by atoms with E-state index < -0.39 is 11.6 Å². The van der Waals surface area contributed by atoms with Crippen molar-refractivity contribution in [2.75, 3.05) is 5.32 Å². The number of benzene rings is 2. The van der Waals surface area contributed by atoms with Gasteiger partial charge in [0, 0.05) is 29.4 Å². The van der Waals surface area contributed by atoms with Gasteiger partial charge in [0.05, 0.1) is 10.5 Å². The average Bonchev–Trinajstić information content (AvgIpc) is 2.49. The lowest BCUT2D eigenvalue weighted by Gasteiger charge is -2.11. The van der Waals surface area contributed by atoms with Crippen molar-refractivity contribution in [3.8, 4) is 0 Å². The number of anilines is 1. The number of nitrogens with one attached hydrogen (secondary N) is 1. The number of pyridine rings is 1. The van der Waals surface area contributed by atoms with Crippen LogP contribution >= 0.6 is 11.6 Å². The molecule has 3 rings (SSSR count). The number of nitrogens with zero attached hydrogens (tertiary/aromatic N) is 1. The number of aromatic nitrogens is 1. The highest BCUT2D eigenvalue weighted by Gasteiger charge is 2.10. The Balaban J connectivity index is 1.94. The summed E-state index contributed by atoms with van der Waals surface area (Å²) in [5.74, 6) is -1.14. The third-order valence-electron chi connectivity index (χ3n) is 3.24. The Morgan fingerprint density at radius 2 is 1.76 bits per heavy atom. The number of hydrogen-bond donors (Lipinski definition) is 1. The molecule has 0 saturated carbocycles. The summed E-state index contributed by atoms with van der Waals surface area (Å²) in [7, 11) is 0. The molecule has 0 aliphatic carbocycles. The fourth-order valence-corrected chi connectivity index (χ4v) is 2.39. The molecule has 2 nitrogen and oxygen atoms in total. The van der Waals surface area contributed by atoms with Crippen LogP contribution in [0.15, 0.2) is 48.7 Å². The molecule has 1 N–H and O–H groups in total. The molecule has 0 radical (unpaired) electrons. The number of fused-ring (bicyclic) bond motifs is 1. The van der Waals surface area contributed by atoms with E-state index in [1.54, 1.807) is 24.4 Å². The van der Waals surface area contributed by atoms with Crippen LogP contribution in [-0.4, -0.2) is 4.98 Å². The second-order valence-corrected chi connectivity index (χ2v) is 4.96. The van der Waals surface area contributed by atoms with Gasteiger partial charge in [-0.1, -0.05) is 17.7 Å². The lowest BCUT2D eigenvalue weighted by Crippen LogP contribution is -2.05. The summed E-state index contributed by atoms with van der Waals surface area (Å²) in [5, 5.41) is 4.38. The van der Waals surface area contributed by atoms with Crippen LogP contribution < -0.4 is 5.32 Å². The van der Waals surface area contributed by atoms with Gasteiger partial charge in [0.2, 0.25) is 0 Å². The maximum absolute atomic E-state index is 13.6. The molecule has 1 heterocycles. The average molecular weight is 305 g/mol. The Labute approximate surface area is 125 Å². The molecule has 0 spiro atoms. The number of rotatable bonds is 3. The quantitative estimate of drug-likeness (QED) is 0.753. The van der Waals surface area contributed by atoms with E-state index in [0.717, 1.165) is 11.1 Å². The zero-order valence-corrected chi connectivity index (χ0v) is 11.7. The van der Waals surface area contributed by atoms with Gasteiger partial charge in [0.25, 0.3) is 0 Å². The molecule has 1 aromatic heterocycles. The van der Waals surface area contributed by atoms with Crippen molar-refractivity contribution < 1.29 is 8.78 Å². The topological polar surface area (TPSA) is 24.9 Å². The minimum Gasteiger partial charge on any atom is -0.380 e. The smallest absolute Gasteiger partial charge is 0.131 e. The monoisotopic (exact) mass is 304 g/mol. The fourth-order valence-electron chi connectivity index (χ4n) is 2.18. The standard InChI is InChI=1S/C16H11ClF2N2/c17-12-6-7-15(10-3-2-8-20-16(10)12)21-9-11-13(18)4-1-5-14(11)19/h1-8,21H,9H2. The first-order valence-corrected chi connectivity index (χ1v) is 6.74. The molecule has 0 fully saturated rings. The summed E-state index contributed by atoms with van der Waals surface area (Å²) in [4.78, 5) is 4.21. The Morgan fingerprint density at radius 3 is 2.52 bits per heavy atom. The molecule has 21 heavy (non-hydrogen) atoms. The van der Waals surface area contributed by atoms with Gasteiger partial charge in [-0.2, -0.15) is 0 Å². The molecular formula is C16H11ClF2N2. The zero-order valence-electron chi connectivity index (χ0n) is 10.9. The van der Waals surface area contributed by atoms with Gasteiger partial charge in [-0.25, -0.2) is 8.78 Å². The van der Waals surface area contributed by atoms with Crippen LogP contribution in [-0.2, 0) is 6.54 Å². The van der Waals surface area contributed by atoms with E-state index in [4.69, 9.17) is 11.6 Å². The first-order chi connectivity index (χ1) is 10.2. The van der Waals surface area contributed by atoms with Crippen molar-refractivity contribution in [3.05, 3.63) is 70.9 Å². The summed E-state index contributed by atoms with van der Waals surface area (Å²) in [6.45, 7) is 0.0458. The van der Waals surface area contributed by atoms with Crippen molar-refractivity contribution in [2.24, 2.45) is 0 Å². The normalized spacial score (nSPS) is 10.8. The zero-order chi connectivity index (χ0) is 14.8. The highest BCUT2D eigenvalue weighted by atomic mass is 35.5. The minimum atomic E-state index is -0.570. The van der Waals surface area contributed by atoms with Crippen LogP contribution in [0.5, 0.6) is 0 Å². The molecule has 0 atom stereocenters. The van der Waals surface area contributed by atoms with Crippen LogP contribution in [0.2, 0.25) is 5.02 Å². The van der Waals surface area contributed by atoms with Gasteiger partial charge >= 0.3 is 0 Å². The fraction of sp³-hybridized carbons (Fsp3) is 0.0625. The van der Waals surface area contributed by atoms with Crippen LogP contribution in [0.25, 0.3) is 10.9 Å². The Kier molecular flexibility index (Phi) is 3.71. The predicted molar refractivity (Wildman–Crippen MR) is 80.4 cm³/mol. The third kappa shape index (κ3) is 2.67. The van der Waals surface area contributed by atoms with Gasteiger partial charge in [0.1, 0.15) is 11.6 Å². The van der Waals surface area contributed by atoms with Gasteiger partial charge in [-0.15, -0.1) is 0 Å². The lowest BCUT2D eigenvalue weighted by atomic mass is 10.1. The van der Waals surface area contributed by atoms with Crippen molar-refractivity contribution >= 4 is 28.2 Å².